The summed E-state index contributed by atoms with van der Waals surface area (Å²) < 4.78 is 0.900. The quantitative estimate of drug-likeness (QED) is 0.666. The summed E-state index contributed by atoms with van der Waals surface area (Å²) in [6.07, 6.45) is 0.357. The Morgan fingerprint density at radius 1 is 1.09 bits per heavy atom. The fourth-order valence-corrected chi connectivity index (χ4v) is 3.39. The summed E-state index contributed by atoms with van der Waals surface area (Å²) >= 11 is 3.50. The molecule has 3 rings (SSSR count). The Balaban J connectivity index is 1.85. The molecule has 1 amide bonds. The molecule has 1 heterocycles. The molecule has 0 aliphatic heterocycles. The van der Waals surface area contributed by atoms with Crippen molar-refractivity contribution in [2.75, 3.05) is 5.32 Å². The lowest BCUT2D eigenvalue weighted by Gasteiger charge is -2.08. The number of nitrogens with one attached hydrogen (secondary N) is 2. The topological polar surface area (TPSA) is 44.9 Å². The molecule has 118 valence electrons. The van der Waals surface area contributed by atoms with E-state index in [4.69, 9.17) is 0 Å². The van der Waals surface area contributed by atoms with E-state index in [1.807, 2.05) is 32.0 Å². The Kier molecular flexibility index (Phi) is 4.26. The molecule has 1 aromatic heterocycles. The SMILES string of the molecule is Cc1ccc(NC(=O)Cc2c(C)[nH]c3ccc(C)cc23)c(Br)c1. The first-order valence-electron chi connectivity index (χ1n) is 7.58. The number of carbonyl (C=O) groups is 1. The molecular weight excluding hydrogens is 352 g/mol. The zero-order valence-corrected chi connectivity index (χ0v) is 15.0. The van der Waals surface area contributed by atoms with Crippen LogP contribution in [0.5, 0.6) is 0 Å². The molecule has 3 aromatic rings. The predicted octanol–water partition coefficient (Wildman–Crippen LogP) is 5.04. The Labute approximate surface area is 144 Å². The molecule has 4 heteroatoms. The fourth-order valence-electron chi connectivity index (χ4n) is 2.80. The first-order chi connectivity index (χ1) is 10.9. The lowest BCUT2D eigenvalue weighted by Crippen LogP contribution is -2.15. The van der Waals surface area contributed by atoms with Crippen LogP contribution < -0.4 is 5.32 Å². The number of aromatic amines is 1. The van der Waals surface area contributed by atoms with Gasteiger partial charge in [0.2, 0.25) is 5.91 Å². The molecule has 0 saturated carbocycles. The van der Waals surface area contributed by atoms with Crippen LogP contribution in [0.4, 0.5) is 5.69 Å². The highest BCUT2D eigenvalue weighted by atomic mass is 79.9. The number of amides is 1. The number of aromatic nitrogens is 1. The molecule has 0 bridgehead atoms. The zero-order valence-electron chi connectivity index (χ0n) is 13.5. The zero-order chi connectivity index (χ0) is 16.6. The maximum Gasteiger partial charge on any atom is 0.228 e. The van der Waals surface area contributed by atoms with Crippen LogP contribution in [-0.4, -0.2) is 10.9 Å². The van der Waals surface area contributed by atoms with Crippen molar-refractivity contribution in [1.29, 1.82) is 0 Å². The predicted molar refractivity (Wildman–Crippen MR) is 99.0 cm³/mol. The minimum atomic E-state index is -0.0138. The molecule has 0 atom stereocenters. The third kappa shape index (κ3) is 3.32. The second-order valence-corrected chi connectivity index (χ2v) is 6.84. The van der Waals surface area contributed by atoms with E-state index in [0.717, 1.165) is 37.9 Å². The molecule has 0 aliphatic rings. The van der Waals surface area contributed by atoms with Crippen molar-refractivity contribution in [2.24, 2.45) is 0 Å². The number of anilines is 1. The number of halogens is 1. The first-order valence-corrected chi connectivity index (χ1v) is 8.37. The lowest BCUT2D eigenvalue weighted by atomic mass is 10.1. The number of H-pyrrole nitrogens is 1. The second kappa shape index (κ2) is 6.20. The molecule has 23 heavy (non-hydrogen) atoms. The number of aryl methyl sites for hydroxylation is 3. The standard InChI is InChI=1S/C19H19BrN2O/c1-11-4-6-17-15(8-11)14(13(3)21-17)10-19(23)22-18-7-5-12(2)9-16(18)20/h4-9,21H,10H2,1-3H3,(H,22,23). The molecule has 0 aliphatic carbocycles. The van der Waals surface area contributed by atoms with E-state index in [1.54, 1.807) is 0 Å². The Hall–Kier alpha value is -2.07. The Bertz CT molecular complexity index is 896. The summed E-state index contributed by atoms with van der Waals surface area (Å²) in [6, 6.07) is 12.2. The molecule has 3 nitrogen and oxygen atoms in total. The van der Waals surface area contributed by atoms with E-state index in [2.05, 4.69) is 51.4 Å². The van der Waals surface area contributed by atoms with Gasteiger partial charge in [0.25, 0.3) is 0 Å². The second-order valence-electron chi connectivity index (χ2n) is 5.99. The highest BCUT2D eigenvalue weighted by molar-refractivity contribution is 9.10. The van der Waals surface area contributed by atoms with Gasteiger partial charge in [0.05, 0.1) is 12.1 Å². The van der Waals surface area contributed by atoms with Gasteiger partial charge in [0.15, 0.2) is 0 Å². The van der Waals surface area contributed by atoms with Gasteiger partial charge in [-0.25, -0.2) is 0 Å². The van der Waals surface area contributed by atoms with Crippen LogP contribution in [0.15, 0.2) is 40.9 Å². The molecular formula is C19H19BrN2O. The van der Waals surface area contributed by atoms with Gasteiger partial charge in [-0.2, -0.15) is 0 Å². The number of fused-ring (bicyclic) bond motifs is 1. The van der Waals surface area contributed by atoms with Crippen LogP contribution in [0.3, 0.4) is 0 Å². The maximum absolute atomic E-state index is 12.5. The molecule has 0 spiro atoms. The van der Waals surface area contributed by atoms with Crippen molar-refractivity contribution in [3.8, 4) is 0 Å². The summed E-state index contributed by atoms with van der Waals surface area (Å²) in [5, 5.41) is 4.11. The minimum Gasteiger partial charge on any atom is -0.358 e. The van der Waals surface area contributed by atoms with E-state index < -0.39 is 0 Å². The van der Waals surface area contributed by atoms with Crippen molar-refractivity contribution < 1.29 is 4.79 Å². The van der Waals surface area contributed by atoms with E-state index in [9.17, 15) is 4.79 Å². The third-order valence-corrected chi connectivity index (χ3v) is 4.67. The van der Waals surface area contributed by atoms with Crippen LogP contribution in [0, 0.1) is 20.8 Å². The molecule has 0 unspecified atom stereocenters. The highest BCUT2D eigenvalue weighted by Gasteiger charge is 2.13. The van der Waals surface area contributed by atoms with Crippen molar-refractivity contribution in [2.45, 2.75) is 27.2 Å². The van der Waals surface area contributed by atoms with Gasteiger partial charge in [0, 0.05) is 21.1 Å². The minimum absolute atomic E-state index is 0.0138. The number of rotatable bonds is 3. The van der Waals surface area contributed by atoms with Gasteiger partial charge in [-0.15, -0.1) is 0 Å². The Morgan fingerprint density at radius 3 is 2.52 bits per heavy atom. The van der Waals surface area contributed by atoms with Crippen LogP contribution in [0.1, 0.15) is 22.4 Å². The van der Waals surface area contributed by atoms with E-state index in [-0.39, 0.29) is 5.91 Å². The summed E-state index contributed by atoms with van der Waals surface area (Å²) in [5.41, 5.74) is 6.33. The molecule has 0 radical (unpaired) electrons. The fraction of sp³-hybridized carbons (Fsp3) is 0.211. The summed E-state index contributed by atoms with van der Waals surface area (Å²) in [5.74, 6) is -0.0138. The smallest absolute Gasteiger partial charge is 0.228 e. The summed E-state index contributed by atoms with van der Waals surface area (Å²) in [4.78, 5) is 15.8. The van der Waals surface area contributed by atoms with Crippen LogP contribution in [-0.2, 0) is 11.2 Å². The summed E-state index contributed by atoms with van der Waals surface area (Å²) in [6.45, 7) is 6.10. The molecule has 2 N–H and O–H groups in total. The highest BCUT2D eigenvalue weighted by Crippen LogP contribution is 2.26. The van der Waals surface area contributed by atoms with Crippen molar-refractivity contribution in [3.63, 3.8) is 0 Å². The van der Waals surface area contributed by atoms with Gasteiger partial charge >= 0.3 is 0 Å². The third-order valence-electron chi connectivity index (χ3n) is 4.01. The maximum atomic E-state index is 12.5. The van der Waals surface area contributed by atoms with Gasteiger partial charge < -0.3 is 10.3 Å². The van der Waals surface area contributed by atoms with Crippen molar-refractivity contribution >= 4 is 38.4 Å². The number of hydrogen-bond acceptors (Lipinski definition) is 1. The molecule has 0 fully saturated rings. The number of carbonyl (C=O) groups excluding carboxylic acids is 1. The first kappa shape index (κ1) is 15.8. The van der Waals surface area contributed by atoms with Crippen LogP contribution in [0.2, 0.25) is 0 Å². The van der Waals surface area contributed by atoms with Gasteiger partial charge in [-0.3, -0.25) is 4.79 Å². The monoisotopic (exact) mass is 370 g/mol. The average Bonchev–Trinajstić information content (AvgIpc) is 2.78. The van der Waals surface area contributed by atoms with Gasteiger partial charge in [0.1, 0.15) is 0 Å². The Morgan fingerprint density at radius 2 is 1.78 bits per heavy atom. The average molecular weight is 371 g/mol. The van der Waals surface area contributed by atoms with Crippen molar-refractivity contribution in [1.82, 2.24) is 4.98 Å². The largest absolute Gasteiger partial charge is 0.358 e. The van der Waals surface area contributed by atoms with E-state index in [0.29, 0.717) is 6.42 Å². The number of hydrogen-bond donors (Lipinski definition) is 2. The van der Waals surface area contributed by atoms with E-state index >= 15 is 0 Å². The summed E-state index contributed by atoms with van der Waals surface area (Å²) in [7, 11) is 0. The number of benzene rings is 2. The normalized spacial score (nSPS) is 11.0. The van der Waals surface area contributed by atoms with Crippen LogP contribution in [0.25, 0.3) is 10.9 Å². The molecule has 2 aromatic carbocycles. The lowest BCUT2D eigenvalue weighted by molar-refractivity contribution is -0.115. The molecule has 0 saturated heterocycles. The van der Waals surface area contributed by atoms with Gasteiger partial charge in [-0.1, -0.05) is 17.7 Å². The van der Waals surface area contributed by atoms with Gasteiger partial charge in [-0.05, 0) is 72.1 Å². The van der Waals surface area contributed by atoms with Crippen LogP contribution >= 0.6 is 15.9 Å². The van der Waals surface area contributed by atoms with E-state index in [1.165, 1.54) is 5.56 Å². The van der Waals surface area contributed by atoms with Crippen molar-refractivity contribution in [3.05, 3.63) is 63.3 Å².